The molecule has 0 saturated heterocycles. The fourth-order valence-corrected chi connectivity index (χ4v) is 1.93. The van der Waals surface area contributed by atoms with E-state index in [0.29, 0.717) is 35.3 Å². The topological polar surface area (TPSA) is 71.7 Å². The molecular weight excluding hydrogens is 258 g/mol. The van der Waals surface area contributed by atoms with E-state index in [1.165, 1.54) is 0 Å². The van der Waals surface area contributed by atoms with Crippen LogP contribution < -0.4 is 9.47 Å². The van der Waals surface area contributed by atoms with Crippen LogP contribution in [0.15, 0.2) is 12.1 Å². The van der Waals surface area contributed by atoms with Gasteiger partial charge in [0, 0.05) is 5.56 Å². The van der Waals surface area contributed by atoms with Crippen molar-refractivity contribution in [2.24, 2.45) is 0 Å². The van der Waals surface area contributed by atoms with Gasteiger partial charge in [-0.1, -0.05) is 11.6 Å². The van der Waals surface area contributed by atoms with Gasteiger partial charge in [-0.2, -0.15) is 5.26 Å². The molecule has 1 aliphatic heterocycles. The molecule has 1 heterocycles. The quantitative estimate of drug-likeness (QED) is 0.900. The van der Waals surface area contributed by atoms with Crippen LogP contribution in [0.5, 0.6) is 11.5 Å². The number of hydrogen-bond donors (Lipinski definition) is 1. The smallest absolute Gasteiger partial charge is 0.179 e. The monoisotopic (exact) mass is 269 g/mol. The summed E-state index contributed by atoms with van der Waals surface area (Å²) in [6.07, 6.45) is -0.787. The average Bonchev–Trinajstić information content (AvgIpc) is 2.40. The Balaban J connectivity index is 2.28. The first kappa shape index (κ1) is 13.0. The lowest BCUT2D eigenvalue weighted by atomic mass is 10.1. The maximum Gasteiger partial charge on any atom is 0.179 e. The van der Waals surface area contributed by atoms with Crippen LogP contribution in [0.4, 0.5) is 0 Å². The third-order valence-electron chi connectivity index (χ3n) is 2.41. The van der Waals surface area contributed by atoms with E-state index in [4.69, 9.17) is 36.2 Å². The second-order valence-corrected chi connectivity index (χ2v) is 4.04. The van der Waals surface area contributed by atoms with Gasteiger partial charge in [-0.05, 0) is 12.1 Å². The van der Waals surface area contributed by atoms with E-state index in [2.05, 4.69) is 0 Å². The normalized spacial score (nSPS) is 14.9. The number of nitrogens with zero attached hydrogens (tertiary/aromatic N) is 1. The molecule has 0 amide bonds. The van der Waals surface area contributed by atoms with Gasteiger partial charge in [0.2, 0.25) is 0 Å². The minimum atomic E-state index is -0.787. The molecule has 1 aromatic rings. The van der Waals surface area contributed by atoms with E-state index in [-0.39, 0.29) is 13.2 Å². The molecule has 5 nitrogen and oxygen atoms in total. The van der Waals surface area contributed by atoms with Crippen LogP contribution in [0.25, 0.3) is 0 Å². The van der Waals surface area contributed by atoms with E-state index in [1.807, 2.05) is 6.07 Å². The fraction of sp³-hybridized carbons (Fsp3) is 0.417. The average molecular weight is 270 g/mol. The number of rotatable bonds is 4. The van der Waals surface area contributed by atoms with Crippen molar-refractivity contribution in [3.63, 3.8) is 0 Å². The Morgan fingerprint density at radius 3 is 2.94 bits per heavy atom. The number of aliphatic hydroxyl groups excluding tert-OH is 1. The van der Waals surface area contributed by atoms with Crippen LogP contribution in [-0.2, 0) is 4.74 Å². The Hall–Kier alpha value is -1.48. The van der Waals surface area contributed by atoms with Crippen LogP contribution >= 0.6 is 11.6 Å². The summed E-state index contributed by atoms with van der Waals surface area (Å²) >= 11 is 6.06. The maximum absolute atomic E-state index is 9.03. The largest absolute Gasteiger partial charge is 0.486 e. The van der Waals surface area contributed by atoms with E-state index in [0.717, 1.165) is 0 Å². The lowest BCUT2D eigenvalue weighted by Crippen LogP contribution is -2.16. The second kappa shape index (κ2) is 5.91. The molecule has 0 saturated carbocycles. The van der Waals surface area contributed by atoms with E-state index in [1.54, 1.807) is 12.1 Å². The highest BCUT2D eigenvalue weighted by Crippen LogP contribution is 2.40. The summed E-state index contributed by atoms with van der Waals surface area (Å²) in [6, 6.07) is 5.28. The molecule has 2 rings (SSSR count). The summed E-state index contributed by atoms with van der Waals surface area (Å²) in [5.74, 6) is 1.00. The van der Waals surface area contributed by atoms with Crippen molar-refractivity contribution in [3.05, 3.63) is 22.7 Å². The van der Waals surface area contributed by atoms with Crippen molar-refractivity contribution in [1.29, 1.82) is 5.26 Å². The standard InChI is InChI=1S/C12H12ClNO4/c13-9-5-8(11(7-14)16-2-1-15)6-10-12(9)18-4-3-17-10/h5-6,11,15H,1-4H2. The summed E-state index contributed by atoms with van der Waals surface area (Å²) in [5.41, 5.74) is 0.584. The number of nitriles is 1. The van der Waals surface area contributed by atoms with Gasteiger partial charge in [-0.25, -0.2) is 0 Å². The van der Waals surface area contributed by atoms with Crippen molar-refractivity contribution >= 4 is 11.6 Å². The van der Waals surface area contributed by atoms with Gasteiger partial charge >= 0.3 is 0 Å². The molecular formula is C12H12ClNO4. The number of halogens is 1. The van der Waals surface area contributed by atoms with Crippen LogP contribution in [0.3, 0.4) is 0 Å². The number of benzene rings is 1. The molecule has 1 N–H and O–H groups in total. The van der Waals surface area contributed by atoms with Crippen LogP contribution in [-0.4, -0.2) is 31.5 Å². The summed E-state index contributed by atoms with van der Waals surface area (Å²) < 4.78 is 16.0. The summed E-state index contributed by atoms with van der Waals surface area (Å²) in [7, 11) is 0. The van der Waals surface area contributed by atoms with Gasteiger partial charge in [0.15, 0.2) is 17.6 Å². The Morgan fingerprint density at radius 2 is 2.22 bits per heavy atom. The summed E-state index contributed by atoms with van der Waals surface area (Å²) in [5, 5.41) is 18.1. The Labute approximate surface area is 109 Å². The first-order valence-electron chi connectivity index (χ1n) is 5.47. The van der Waals surface area contributed by atoms with Gasteiger partial charge in [-0.15, -0.1) is 0 Å². The van der Waals surface area contributed by atoms with Crippen LogP contribution in [0.2, 0.25) is 5.02 Å². The predicted molar refractivity (Wildman–Crippen MR) is 63.8 cm³/mol. The van der Waals surface area contributed by atoms with Gasteiger partial charge in [-0.3, -0.25) is 0 Å². The Morgan fingerprint density at radius 1 is 1.44 bits per heavy atom. The molecule has 96 valence electrons. The molecule has 1 aromatic carbocycles. The van der Waals surface area contributed by atoms with Crippen LogP contribution in [0, 0.1) is 11.3 Å². The van der Waals surface area contributed by atoms with E-state index < -0.39 is 6.10 Å². The zero-order valence-corrected chi connectivity index (χ0v) is 10.3. The minimum Gasteiger partial charge on any atom is -0.486 e. The molecule has 1 atom stereocenters. The van der Waals surface area contributed by atoms with Gasteiger partial charge in [0.05, 0.1) is 24.3 Å². The van der Waals surface area contributed by atoms with Gasteiger partial charge in [0.1, 0.15) is 13.2 Å². The zero-order valence-electron chi connectivity index (χ0n) is 9.56. The summed E-state index contributed by atoms with van der Waals surface area (Å²) in [4.78, 5) is 0. The molecule has 18 heavy (non-hydrogen) atoms. The predicted octanol–water partition coefficient (Wildman–Crippen LogP) is 1.68. The van der Waals surface area contributed by atoms with Gasteiger partial charge in [0.25, 0.3) is 0 Å². The zero-order chi connectivity index (χ0) is 13.0. The number of fused-ring (bicyclic) bond motifs is 1. The molecule has 0 bridgehead atoms. The number of ether oxygens (including phenoxy) is 3. The Bertz CT molecular complexity index is 472. The highest BCUT2D eigenvalue weighted by atomic mass is 35.5. The number of aliphatic hydroxyl groups is 1. The third kappa shape index (κ3) is 2.67. The van der Waals surface area contributed by atoms with Crippen molar-refractivity contribution < 1.29 is 19.3 Å². The summed E-state index contributed by atoms with van der Waals surface area (Å²) in [6.45, 7) is 0.844. The molecule has 1 unspecified atom stereocenters. The van der Waals surface area contributed by atoms with Crippen molar-refractivity contribution in [2.45, 2.75) is 6.10 Å². The molecule has 6 heteroatoms. The van der Waals surface area contributed by atoms with E-state index in [9.17, 15) is 0 Å². The lowest BCUT2D eigenvalue weighted by Gasteiger charge is -2.21. The molecule has 0 radical (unpaired) electrons. The van der Waals surface area contributed by atoms with Crippen molar-refractivity contribution in [3.8, 4) is 17.6 Å². The Kier molecular flexibility index (Phi) is 4.26. The maximum atomic E-state index is 9.03. The van der Waals surface area contributed by atoms with Crippen molar-refractivity contribution in [2.75, 3.05) is 26.4 Å². The minimum absolute atomic E-state index is 0.0876. The third-order valence-corrected chi connectivity index (χ3v) is 2.70. The highest BCUT2D eigenvalue weighted by molar-refractivity contribution is 6.32. The fourth-order valence-electron chi connectivity index (χ4n) is 1.66. The first-order chi connectivity index (χ1) is 8.76. The van der Waals surface area contributed by atoms with Crippen molar-refractivity contribution in [1.82, 2.24) is 0 Å². The molecule has 0 spiro atoms. The molecule has 0 aromatic heterocycles. The van der Waals surface area contributed by atoms with E-state index >= 15 is 0 Å². The number of hydrogen-bond acceptors (Lipinski definition) is 5. The SMILES string of the molecule is N#CC(OCCO)c1cc(Cl)c2c(c1)OCCO2. The van der Waals surface area contributed by atoms with Gasteiger partial charge < -0.3 is 19.3 Å². The molecule has 0 aliphatic carbocycles. The second-order valence-electron chi connectivity index (χ2n) is 3.63. The highest BCUT2D eigenvalue weighted by Gasteiger charge is 2.20. The lowest BCUT2D eigenvalue weighted by molar-refractivity contribution is 0.0578. The first-order valence-corrected chi connectivity index (χ1v) is 5.85. The molecule has 1 aliphatic rings. The molecule has 0 fully saturated rings. The van der Waals surface area contributed by atoms with Crippen LogP contribution in [0.1, 0.15) is 11.7 Å².